The lowest BCUT2D eigenvalue weighted by Crippen LogP contribution is -2.50. The Morgan fingerprint density at radius 3 is 2.35 bits per heavy atom. The Kier molecular flexibility index (Phi) is 6.57. The summed E-state index contributed by atoms with van der Waals surface area (Å²) in [7, 11) is 0. The van der Waals surface area contributed by atoms with Crippen molar-refractivity contribution in [3.8, 4) is 0 Å². The fraction of sp³-hybridized carbons (Fsp3) is 0.529. The smallest absolute Gasteiger partial charge is 0.407 e. The molecule has 0 aliphatic rings. The maximum absolute atomic E-state index is 11.5. The zero-order valence-corrected chi connectivity index (χ0v) is 14.0. The number of hydrogen-bond acceptors (Lipinski definition) is 4. The summed E-state index contributed by atoms with van der Waals surface area (Å²) in [6, 6.07) is 9.27. The molecule has 0 spiro atoms. The molecule has 0 heterocycles. The molecule has 0 saturated heterocycles. The molecular weight excluding hydrogens is 296 g/mol. The van der Waals surface area contributed by atoms with E-state index in [2.05, 4.69) is 5.32 Å². The SMILES string of the molecule is CC(C)(C)OC(=O)NCCC[C@@](N)(Cc1ccccc1)C(=O)O. The van der Waals surface area contributed by atoms with Gasteiger partial charge in [-0.1, -0.05) is 30.3 Å². The first-order chi connectivity index (χ1) is 10.6. The quantitative estimate of drug-likeness (QED) is 0.669. The van der Waals surface area contributed by atoms with Gasteiger partial charge in [0.05, 0.1) is 0 Å². The molecule has 0 unspecified atom stereocenters. The first kappa shape index (κ1) is 19.0. The zero-order chi connectivity index (χ0) is 17.5. The van der Waals surface area contributed by atoms with E-state index < -0.39 is 23.2 Å². The molecule has 6 heteroatoms. The number of amides is 1. The Morgan fingerprint density at radius 2 is 1.83 bits per heavy atom. The number of ether oxygens (including phenoxy) is 1. The molecule has 0 saturated carbocycles. The molecule has 6 nitrogen and oxygen atoms in total. The number of carbonyl (C=O) groups excluding carboxylic acids is 1. The first-order valence-electron chi connectivity index (χ1n) is 7.65. The van der Waals surface area contributed by atoms with Crippen LogP contribution in [-0.4, -0.2) is 34.9 Å². The third-order valence-corrected chi connectivity index (χ3v) is 3.26. The Morgan fingerprint density at radius 1 is 1.22 bits per heavy atom. The van der Waals surface area contributed by atoms with Gasteiger partial charge in [-0.05, 0) is 39.2 Å². The third kappa shape index (κ3) is 7.15. The fourth-order valence-corrected chi connectivity index (χ4v) is 2.14. The number of carbonyl (C=O) groups is 2. The monoisotopic (exact) mass is 322 g/mol. The lowest BCUT2D eigenvalue weighted by molar-refractivity contribution is -0.143. The fourth-order valence-electron chi connectivity index (χ4n) is 2.14. The molecule has 1 aromatic rings. The molecule has 23 heavy (non-hydrogen) atoms. The Balaban J connectivity index is 2.48. The van der Waals surface area contributed by atoms with Crippen LogP contribution in [0.15, 0.2) is 30.3 Å². The van der Waals surface area contributed by atoms with Gasteiger partial charge in [-0.25, -0.2) is 4.79 Å². The molecule has 1 atom stereocenters. The van der Waals surface area contributed by atoms with Crippen LogP contribution in [0.3, 0.4) is 0 Å². The molecule has 128 valence electrons. The minimum absolute atomic E-state index is 0.246. The largest absolute Gasteiger partial charge is 0.480 e. The summed E-state index contributed by atoms with van der Waals surface area (Å²) < 4.78 is 5.12. The highest BCUT2D eigenvalue weighted by Crippen LogP contribution is 2.17. The maximum atomic E-state index is 11.5. The number of hydrogen-bond donors (Lipinski definition) is 3. The van der Waals surface area contributed by atoms with E-state index in [1.165, 1.54) is 0 Å². The standard InChI is InChI=1S/C17H26N2O4/c1-16(2,3)23-15(22)19-11-7-10-17(18,14(20)21)12-13-8-5-4-6-9-13/h4-6,8-9H,7,10-12,18H2,1-3H3,(H,19,22)(H,20,21)/t17-/m1/s1. The van der Waals surface area contributed by atoms with E-state index in [-0.39, 0.29) is 12.8 Å². The molecule has 0 aliphatic carbocycles. The second-order valence-electron chi connectivity index (χ2n) is 6.66. The molecule has 1 aromatic carbocycles. The van der Waals surface area contributed by atoms with Gasteiger partial charge < -0.3 is 20.9 Å². The van der Waals surface area contributed by atoms with Gasteiger partial charge in [-0.15, -0.1) is 0 Å². The Labute approximate surface area is 137 Å². The summed E-state index contributed by atoms with van der Waals surface area (Å²) in [6.45, 7) is 5.65. The van der Waals surface area contributed by atoms with Crippen molar-refractivity contribution in [1.29, 1.82) is 0 Å². The van der Waals surface area contributed by atoms with Crippen molar-refractivity contribution in [2.75, 3.05) is 6.54 Å². The summed E-state index contributed by atoms with van der Waals surface area (Å²) >= 11 is 0. The molecule has 0 aromatic heterocycles. The molecular formula is C17H26N2O4. The van der Waals surface area contributed by atoms with Crippen LogP contribution in [0.2, 0.25) is 0 Å². The summed E-state index contributed by atoms with van der Waals surface area (Å²) in [5, 5.41) is 12.0. The Bertz CT molecular complexity index is 525. The average Bonchev–Trinajstić information content (AvgIpc) is 2.42. The van der Waals surface area contributed by atoms with Gasteiger partial charge in [0.25, 0.3) is 0 Å². The van der Waals surface area contributed by atoms with Crippen molar-refractivity contribution in [2.24, 2.45) is 5.73 Å². The van der Waals surface area contributed by atoms with Gasteiger partial charge in [0.15, 0.2) is 0 Å². The topological polar surface area (TPSA) is 102 Å². The van der Waals surface area contributed by atoms with Crippen molar-refractivity contribution in [3.63, 3.8) is 0 Å². The van der Waals surface area contributed by atoms with Crippen LogP contribution >= 0.6 is 0 Å². The van der Waals surface area contributed by atoms with E-state index in [1.54, 1.807) is 20.8 Å². The lowest BCUT2D eigenvalue weighted by Gasteiger charge is -2.25. The van der Waals surface area contributed by atoms with E-state index in [0.29, 0.717) is 13.0 Å². The van der Waals surface area contributed by atoms with E-state index in [1.807, 2.05) is 30.3 Å². The number of alkyl carbamates (subject to hydrolysis) is 1. The predicted octanol–water partition coefficient (Wildman–Crippen LogP) is 2.32. The van der Waals surface area contributed by atoms with E-state index >= 15 is 0 Å². The molecule has 1 rings (SSSR count). The molecule has 0 aliphatic heterocycles. The maximum Gasteiger partial charge on any atom is 0.407 e. The van der Waals surface area contributed by atoms with Gasteiger partial charge in [-0.2, -0.15) is 0 Å². The van der Waals surface area contributed by atoms with Gasteiger partial charge in [0.1, 0.15) is 11.1 Å². The highest BCUT2D eigenvalue weighted by atomic mass is 16.6. The van der Waals surface area contributed by atoms with Crippen molar-refractivity contribution in [3.05, 3.63) is 35.9 Å². The number of carboxylic acids is 1. The summed E-state index contributed by atoms with van der Waals surface area (Å²) in [4.78, 5) is 23.0. The number of nitrogens with one attached hydrogen (secondary N) is 1. The van der Waals surface area contributed by atoms with Gasteiger partial charge in [0.2, 0.25) is 0 Å². The predicted molar refractivity (Wildman–Crippen MR) is 88.2 cm³/mol. The van der Waals surface area contributed by atoms with Crippen LogP contribution in [0.25, 0.3) is 0 Å². The molecule has 0 bridgehead atoms. The number of benzene rings is 1. The summed E-state index contributed by atoms with van der Waals surface area (Å²) in [5.41, 5.74) is 5.01. The van der Waals surface area contributed by atoms with Gasteiger partial charge in [-0.3, -0.25) is 4.79 Å². The van der Waals surface area contributed by atoms with Crippen molar-refractivity contribution in [1.82, 2.24) is 5.32 Å². The number of carboxylic acid groups (broad SMARTS) is 1. The molecule has 4 N–H and O–H groups in total. The van der Waals surface area contributed by atoms with Crippen LogP contribution < -0.4 is 11.1 Å². The summed E-state index contributed by atoms with van der Waals surface area (Å²) in [6.07, 6.45) is 0.441. The second-order valence-corrected chi connectivity index (χ2v) is 6.66. The lowest BCUT2D eigenvalue weighted by atomic mass is 9.87. The number of aliphatic carboxylic acids is 1. The second kappa shape index (κ2) is 7.97. The van der Waals surface area contributed by atoms with Crippen molar-refractivity contribution >= 4 is 12.1 Å². The van der Waals surface area contributed by atoms with Crippen molar-refractivity contribution in [2.45, 2.75) is 51.2 Å². The average molecular weight is 322 g/mol. The van der Waals surface area contributed by atoms with Crippen LogP contribution in [0, 0.1) is 0 Å². The highest BCUT2D eigenvalue weighted by molar-refractivity contribution is 5.79. The molecule has 1 amide bonds. The number of rotatable bonds is 7. The molecule has 0 radical (unpaired) electrons. The van der Waals surface area contributed by atoms with Crippen LogP contribution in [0.5, 0.6) is 0 Å². The highest BCUT2D eigenvalue weighted by Gasteiger charge is 2.33. The van der Waals surface area contributed by atoms with Gasteiger partial charge in [0, 0.05) is 13.0 Å². The first-order valence-corrected chi connectivity index (χ1v) is 7.65. The van der Waals surface area contributed by atoms with Crippen LogP contribution in [0.4, 0.5) is 4.79 Å². The van der Waals surface area contributed by atoms with Crippen LogP contribution in [-0.2, 0) is 16.0 Å². The van der Waals surface area contributed by atoms with E-state index in [9.17, 15) is 14.7 Å². The summed E-state index contributed by atoms with van der Waals surface area (Å²) in [5.74, 6) is -1.04. The van der Waals surface area contributed by atoms with E-state index in [4.69, 9.17) is 10.5 Å². The number of nitrogens with two attached hydrogens (primary N) is 1. The third-order valence-electron chi connectivity index (χ3n) is 3.26. The normalized spacial score (nSPS) is 13.9. The van der Waals surface area contributed by atoms with Crippen molar-refractivity contribution < 1.29 is 19.4 Å². The Hall–Kier alpha value is -2.08. The van der Waals surface area contributed by atoms with Crippen LogP contribution in [0.1, 0.15) is 39.2 Å². The zero-order valence-electron chi connectivity index (χ0n) is 14.0. The minimum atomic E-state index is -1.35. The van der Waals surface area contributed by atoms with Gasteiger partial charge >= 0.3 is 12.1 Å². The minimum Gasteiger partial charge on any atom is -0.480 e. The van der Waals surface area contributed by atoms with E-state index in [0.717, 1.165) is 5.56 Å². The molecule has 0 fully saturated rings.